The maximum Gasteiger partial charge on any atom is 0.127 e. The Morgan fingerprint density at radius 3 is 1.34 bits per heavy atom. The van der Waals surface area contributed by atoms with E-state index in [2.05, 4.69) is 98.8 Å². The van der Waals surface area contributed by atoms with E-state index in [0.29, 0.717) is 11.5 Å². The lowest BCUT2D eigenvalue weighted by Crippen LogP contribution is -2.37. The van der Waals surface area contributed by atoms with E-state index in [1.165, 1.54) is 33.4 Å². The van der Waals surface area contributed by atoms with Gasteiger partial charge in [-0.3, -0.25) is 0 Å². The molecule has 0 amide bonds. The van der Waals surface area contributed by atoms with Gasteiger partial charge in [0, 0.05) is 11.1 Å². The topological polar surface area (TPSA) is 99.4 Å². The standard InChI is InChI=1S/C30H46O3.C29H44O3/c1-8-26(20-31)16-10-14-21(2)12-9-13-22(3)15-11-18-30(7)19-17-27-25(6)28(32)23(4)24(5)29(27)33-30;1-7-25(20-30)15-9-13-21(2)11-8-12-22(3)14-10-17-29(6)18-16-26-24(5)27(31)19-23(4)28(26)32-29/h12,15-16,31-32H,8-11,13-14,17-20H2,1-7H3;11,14-15,19,30-31H,7-10,12-13,16-18,20H2,1-6H3/b21-12+,22-15+,26-16-;21-11+,22-14+,25-15-. The van der Waals surface area contributed by atoms with Crippen molar-refractivity contribution in [3.8, 4) is 23.0 Å². The molecule has 2 aromatic rings. The molecule has 2 heterocycles. The molecule has 362 valence electrons. The van der Waals surface area contributed by atoms with E-state index < -0.39 is 0 Å². The van der Waals surface area contributed by atoms with Crippen molar-refractivity contribution >= 4 is 0 Å². The minimum absolute atomic E-state index is 0.145. The van der Waals surface area contributed by atoms with Crippen LogP contribution in [0.15, 0.2) is 76.0 Å². The van der Waals surface area contributed by atoms with Gasteiger partial charge in [-0.15, -0.1) is 0 Å². The van der Waals surface area contributed by atoms with Crippen molar-refractivity contribution in [3.63, 3.8) is 0 Å². The second-order valence-electron chi connectivity index (χ2n) is 20.0. The third-order valence-corrected chi connectivity index (χ3v) is 14.3. The quantitative estimate of drug-likeness (QED) is 0.0879. The molecule has 2 aliphatic rings. The molecule has 2 aliphatic heterocycles. The van der Waals surface area contributed by atoms with E-state index in [9.17, 15) is 20.4 Å². The third-order valence-electron chi connectivity index (χ3n) is 14.3. The number of phenolic OH excluding ortho intramolecular Hbond substituents is 2. The molecule has 0 aromatic heterocycles. The highest BCUT2D eigenvalue weighted by Gasteiger charge is 2.35. The Kier molecular flexibility index (Phi) is 23.0. The molecule has 4 N–H and O–H groups in total. The number of fused-ring (bicyclic) bond motifs is 2. The molecule has 0 spiro atoms. The molecule has 6 nitrogen and oxygen atoms in total. The molecule has 6 heteroatoms. The van der Waals surface area contributed by atoms with Crippen LogP contribution in [0, 0.1) is 34.6 Å². The van der Waals surface area contributed by atoms with Gasteiger partial charge in [0.15, 0.2) is 0 Å². The summed E-state index contributed by atoms with van der Waals surface area (Å²) >= 11 is 0. The summed E-state index contributed by atoms with van der Waals surface area (Å²) < 4.78 is 13.0. The van der Waals surface area contributed by atoms with Crippen LogP contribution in [-0.2, 0) is 12.8 Å². The summed E-state index contributed by atoms with van der Waals surface area (Å²) in [5, 5.41) is 39.0. The molecular formula is C59H90O6. The lowest BCUT2D eigenvalue weighted by Gasteiger charge is -2.38. The number of allylic oxidation sites excluding steroid dienone is 10. The van der Waals surface area contributed by atoms with Gasteiger partial charge in [-0.1, -0.05) is 72.6 Å². The summed E-state index contributed by atoms with van der Waals surface area (Å²) in [6, 6.07) is 1.82. The number of ether oxygens (including phenoxy) is 2. The molecule has 2 aromatic carbocycles. The van der Waals surface area contributed by atoms with E-state index in [-0.39, 0.29) is 24.4 Å². The Morgan fingerprint density at radius 1 is 0.538 bits per heavy atom. The lowest BCUT2D eigenvalue weighted by molar-refractivity contribution is 0.0556. The van der Waals surface area contributed by atoms with Crippen molar-refractivity contribution in [1.82, 2.24) is 0 Å². The van der Waals surface area contributed by atoms with Crippen LogP contribution in [0.1, 0.15) is 197 Å². The summed E-state index contributed by atoms with van der Waals surface area (Å²) in [4.78, 5) is 0. The second kappa shape index (κ2) is 27.0. The number of aromatic hydroxyl groups is 2. The van der Waals surface area contributed by atoms with Gasteiger partial charge in [-0.2, -0.15) is 0 Å². The number of rotatable bonds is 22. The van der Waals surface area contributed by atoms with Crippen molar-refractivity contribution in [2.45, 2.75) is 217 Å². The highest BCUT2D eigenvalue weighted by atomic mass is 16.5. The summed E-state index contributed by atoms with van der Waals surface area (Å²) in [5.74, 6) is 2.78. The largest absolute Gasteiger partial charge is 0.508 e. The first-order valence-corrected chi connectivity index (χ1v) is 25.0. The molecule has 0 saturated heterocycles. The van der Waals surface area contributed by atoms with Crippen LogP contribution in [-0.4, -0.2) is 44.8 Å². The number of hydrogen-bond acceptors (Lipinski definition) is 6. The zero-order chi connectivity index (χ0) is 48.3. The maximum atomic E-state index is 10.4. The predicted octanol–water partition coefficient (Wildman–Crippen LogP) is 15.6. The fourth-order valence-electron chi connectivity index (χ4n) is 9.12. The van der Waals surface area contributed by atoms with Crippen molar-refractivity contribution in [3.05, 3.63) is 115 Å². The summed E-state index contributed by atoms with van der Waals surface area (Å²) in [5.41, 5.74) is 15.1. The van der Waals surface area contributed by atoms with Crippen LogP contribution < -0.4 is 9.47 Å². The number of aryl methyl sites for hydroxylation is 1. The Labute approximate surface area is 396 Å². The van der Waals surface area contributed by atoms with E-state index in [0.717, 1.165) is 166 Å². The summed E-state index contributed by atoms with van der Waals surface area (Å²) in [6.45, 7) is 27.9. The van der Waals surface area contributed by atoms with Gasteiger partial charge in [0.2, 0.25) is 0 Å². The lowest BCUT2D eigenvalue weighted by atomic mass is 9.85. The number of benzene rings is 2. The van der Waals surface area contributed by atoms with Crippen molar-refractivity contribution < 1.29 is 29.9 Å². The van der Waals surface area contributed by atoms with Crippen LogP contribution in [0.4, 0.5) is 0 Å². The van der Waals surface area contributed by atoms with Gasteiger partial charge in [-0.25, -0.2) is 0 Å². The van der Waals surface area contributed by atoms with Crippen LogP contribution in [0.2, 0.25) is 0 Å². The molecule has 2 unspecified atom stereocenters. The van der Waals surface area contributed by atoms with Crippen molar-refractivity contribution in [2.24, 2.45) is 0 Å². The van der Waals surface area contributed by atoms with Gasteiger partial charge in [0.05, 0.1) is 13.2 Å². The van der Waals surface area contributed by atoms with E-state index in [4.69, 9.17) is 9.47 Å². The molecule has 0 saturated carbocycles. The number of hydrogen-bond donors (Lipinski definition) is 4. The maximum absolute atomic E-state index is 10.4. The van der Waals surface area contributed by atoms with Gasteiger partial charge < -0.3 is 29.9 Å². The van der Waals surface area contributed by atoms with Gasteiger partial charge >= 0.3 is 0 Å². The highest BCUT2D eigenvalue weighted by molar-refractivity contribution is 5.58. The molecule has 0 radical (unpaired) electrons. The van der Waals surface area contributed by atoms with Crippen LogP contribution in [0.25, 0.3) is 0 Å². The molecule has 2 atom stereocenters. The first kappa shape index (κ1) is 55.3. The van der Waals surface area contributed by atoms with Crippen molar-refractivity contribution in [2.75, 3.05) is 13.2 Å². The Hall–Kier alpha value is -4.00. The first-order chi connectivity index (χ1) is 30.8. The molecular weight excluding hydrogens is 805 g/mol. The molecule has 0 bridgehead atoms. The fourth-order valence-corrected chi connectivity index (χ4v) is 9.12. The number of phenols is 2. The van der Waals surface area contributed by atoms with Gasteiger partial charge in [0.25, 0.3) is 0 Å². The Bertz CT molecular complexity index is 2040. The van der Waals surface area contributed by atoms with E-state index in [1.54, 1.807) is 0 Å². The SMILES string of the molecule is CC/C(=C/CC/C(C)=C/CC/C(C)=C/CCC1(C)CCc2c(C)c(O)c(C)c(C)c2O1)CO.CC/C(=C/CC/C(C)=C/CC/C(C)=C/CCC1(C)CCc2c(C)c(O)cc(C)c2O1)CO. The smallest absolute Gasteiger partial charge is 0.127 e. The van der Waals surface area contributed by atoms with Crippen LogP contribution in [0.5, 0.6) is 23.0 Å². The normalized spacial score (nSPS) is 19.6. The average molecular weight is 895 g/mol. The zero-order valence-electron chi connectivity index (χ0n) is 43.3. The van der Waals surface area contributed by atoms with Gasteiger partial charge in [0.1, 0.15) is 34.2 Å². The molecule has 0 fully saturated rings. The van der Waals surface area contributed by atoms with E-state index in [1.807, 2.05) is 33.8 Å². The fraction of sp³-hybridized carbons (Fsp3) is 0.593. The molecule has 65 heavy (non-hydrogen) atoms. The highest BCUT2D eigenvalue weighted by Crippen LogP contribution is 2.45. The Morgan fingerprint density at radius 2 is 0.923 bits per heavy atom. The zero-order valence-corrected chi connectivity index (χ0v) is 43.3. The molecule has 4 rings (SSSR count). The molecule has 0 aliphatic carbocycles. The summed E-state index contributed by atoms with van der Waals surface area (Å²) in [6.07, 6.45) is 32.2. The average Bonchev–Trinajstić information content (AvgIpc) is 3.27. The van der Waals surface area contributed by atoms with Crippen LogP contribution in [0.3, 0.4) is 0 Å². The van der Waals surface area contributed by atoms with Crippen molar-refractivity contribution in [1.29, 1.82) is 0 Å². The second-order valence-corrected chi connectivity index (χ2v) is 20.0. The minimum Gasteiger partial charge on any atom is -0.508 e. The van der Waals surface area contributed by atoms with E-state index >= 15 is 0 Å². The predicted molar refractivity (Wildman–Crippen MR) is 276 cm³/mol. The monoisotopic (exact) mass is 895 g/mol. The number of aliphatic hydroxyl groups excluding tert-OH is 2. The van der Waals surface area contributed by atoms with Crippen LogP contribution >= 0.6 is 0 Å². The first-order valence-electron chi connectivity index (χ1n) is 25.0. The minimum atomic E-state index is -0.152. The number of aliphatic hydroxyl groups is 2. The van der Waals surface area contributed by atoms with Gasteiger partial charge in [-0.05, 0) is 237 Å². The Balaban J connectivity index is 0.000000345. The summed E-state index contributed by atoms with van der Waals surface area (Å²) in [7, 11) is 0. The third kappa shape index (κ3) is 17.3.